The van der Waals surface area contributed by atoms with Crippen LogP contribution in [0.5, 0.6) is 0 Å². The van der Waals surface area contributed by atoms with Gasteiger partial charge < -0.3 is 19.3 Å². The van der Waals surface area contributed by atoms with E-state index in [1.165, 1.54) is 16.7 Å². The Morgan fingerprint density at radius 1 is 1.41 bits per heavy atom. The molecule has 0 aromatic carbocycles. The van der Waals surface area contributed by atoms with Crippen LogP contribution in [-0.2, 0) is 13.8 Å². The minimum Gasteiger partial charge on any atom is -0.447 e. The van der Waals surface area contributed by atoms with Crippen molar-refractivity contribution in [1.29, 1.82) is 0 Å². The molecule has 100 valence electrons. The van der Waals surface area contributed by atoms with Crippen molar-refractivity contribution in [2.75, 3.05) is 46.5 Å². The third kappa shape index (κ3) is 3.93. The highest BCUT2D eigenvalue weighted by Crippen LogP contribution is 2.41. The van der Waals surface area contributed by atoms with Crippen LogP contribution < -0.4 is 5.50 Å². The average Bonchev–Trinajstić information content (AvgIpc) is 2.36. The maximum Gasteiger partial charge on any atom is 0.409 e. The van der Waals surface area contributed by atoms with E-state index in [1.807, 2.05) is 0 Å². The molecule has 1 unspecified atom stereocenters. The maximum absolute atomic E-state index is 11.7. The summed E-state index contributed by atoms with van der Waals surface area (Å²) in [6.07, 6.45) is -0.483. The van der Waals surface area contributed by atoms with Gasteiger partial charge in [0.15, 0.2) is 0 Å². The van der Waals surface area contributed by atoms with E-state index in [-0.39, 0.29) is 13.2 Å². The van der Waals surface area contributed by atoms with Crippen LogP contribution in [0.25, 0.3) is 0 Å². The molecule has 17 heavy (non-hydrogen) atoms. The molecular weight excluding hydrogens is 249 g/mol. The fourth-order valence-corrected chi connectivity index (χ4v) is 2.46. The molecule has 1 saturated heterocycles. The number of hydrogen-bond acceptors (Lipinski definition) is 5. The summed E-state index contributed by atoms with van der Waals surface area (Å²) in [6.45, 7) is 1.26. The van der Waals surface area contributed by atoms with Gasteiger partial charge >= 0.3 is 13.8 Å². The number of carbonyl (C=O) groups excluding carboxylic acids is 1. The SMILES string of the molecule is COP(N)(=O)N1CCN(C(=O)OCCO)CC1. The molecule has 1 rings (SSSR count). The lowest BCUT2D eigenvalue weighted by molar-refractivity contribution is 0.0726. The second-order valence-corrected chi connectivity index (χ2v) is 5.58. The predicted molar refractivity (Wildman–Crippen MR) is 60.4 cm³/mol. The normalized spacial score (nSPS) is 21.0. The Labute approximate surface area is 99.8 Å². The Hall–Kier alpha value is -0.660. The van der Waals surface area contributed by atoms with Crippen molar-refractivity contribution in [3.05, 3.63) is 0 Å². The molecule has 1 amide bonds. The van der Waals surface area contributed by atoms with Crippen LogP contribution >= 0.6 is 7.67 Å². The largest absolute Gasteiger partial charge is 0.447 e. The van der Waals surface area contributed by atoms with Gasteiger partial charge in [0.05, 0.1) is 6.61 Å². The third-order valence-electron chi connectivity index (χ3n) is 2.49. The van der Waals surface area contributed by atoms with Gasteiger partial charge in [0.25, 0.3) is 0 Å². The number of nitrogens with two attached hydrogens (primary N) is 1. The van der Waals surface area contributed by atoms with E-state index >= 15 is 0 Å². The summed E-state index contributed by atoms with van der Waals surface area (Å²) in [5.74, 6) is 0. The highest BCUT2D eigenvalue weighted by Gasteiger charge is 2.31. The van der Waals surface area contributed by atoms with Gasteiger partial charge in [-0.2, -0.15) is 0 Å². The monoisotopic (exact) mass is 267 g/mol. The number of amides is 1. The zero-order valence-electron chi connectivity index (χ0n) is 9.74. The number of nitrogens with zero attached hydrogens (tertiary/aromatic N) is 2. The smallest absolute Gasteiger partial charge is 0.409 e. The van der Waals surface area contributed by atoms with Crippen molar-refractivity contribution in [3.8, 4) is 0 Å². The van der Waals surface area contributed by atoms with Crippen LogP contribution in [0.4, 0.5) is 4.79 Å². The lowest BCUT2D eigenvalue weighted by atomic mass is 10.4. The first kappa shape index (κ1) is 14.4. The molecule has 9 heteroatoms. The highest BCUT2D eigenvalue weighted by molar-refractivity contribution is 7.53. The molecule has 0 aromatic heterocycles. The number of aliphatic hydroxyl groups is 1. The third-order valence-corrected chi connectivity index (χ3v) is 4.20. The standard InChI is InChI=1S/C8H18N3O5P/c1-15-17(9,14)11-4-2-10(3-5-11)8(13)16-7-6-12/h12H,2-7H2,1H3,(H2,9,14). The number of hydrogen-bond donors (Lipinski definition) is 2. The van der Waals surface area contributed by atoms with Gasteiger partial charge in [-0.05, 0) is 0 Å². The van der Waals surface area contributed by atoms with Crippen molar-refractivity contribution < 1.29 is 23.7 Å². The molecule has 0 radical (unpaired) electrons. The van der Waals surface area contributed by atoms with Crippen LogP contribution in [0.1, 0.15) is 0 Å². The summed E-state index contributed by atoms with van der Waals surface area (Å²) in [7, 11) is -1.92. The molecule has 1 aliphatic heterocycles. The van der Waals surface area contributed by atoms with Crippen LogP contribution in [0.3, 0.4) is 0 Å². The summed E-state index contributed by atoms with van der Waals surface area (Å²) in [4.78, 5) is 12.9. The number of aliphatic hydroxyl groups excluding tert-OH is 1. The molecule has 8 nitrogen and oxygen atoms in total. The van der Waals surface area contributed by atoms with Gasteiger partial charge in [-0.15, -0.1) is 0 Å². The Balaban J connectivity index is 2.40. The quantitative estimate of drug-likeness (QED) is 0.658. The fourth-order valence-electron chi connectivity index (χ4n) is 1.50. The van der Waals surface area contributed by atoms with Gasteiger partial charge in [-0.3, -0.25) is 4.57 Å². The topological polar surface area (TPSA) is 105 Å². The van der Waals surface area contributed by atoms with Crippen LogP contribution in [0.15, 0.2) is 0 Å². The zero-order chi connectivity index (χ0) is 12.9. The van der Waals surface area contributed by atoms with E-state index in [1.54, 1.807) is 0 Å². The Kier molecular flexibility index (Phi) is 5.35. The molecule has 3 N–H and O–H groups in total. The average molecular weight is 267 g/mol. The van der Waals surface area contributed by atoms with Gasteiger partial charge in [-0.1, -0.05) is 0 Å². The predicted octanol–water partition coefficient (Wildman–Crippen LogP) is -0.554. The Morgan fingerprint density at radius 3 is 2.47 bits per heavy atom. The van der Waals surface area contributed by atoms with Crippen LogP contribution in [-0.4, -0.2) is 67.3 Å². The number of piperazine rings is 1. The van der Waals surface area contributed by atoms with Gasteiger partial charge in [0, 0.05) is 33.3 Å². The van der Waals surface area contributed by atoms with Crippen LogP contribution in [0, 0.1) is 0 Å². The van der Waals surface area contributed by atoms with E-state index in [4.69, 9.17) is 19.9 Å². The molecule has 1 atom stereocenters. The van der Waals surface area contributed by atoms with Crippen molar-refractivity contribution >= 4 is 13.8 Å². The van der Waals surface area contributed by atoms with E-state index in [9.17, 15) is 9.36 Å². The first-order valence-electron chi connectivity index (χ1n) is 5.23. The molecule has 0 aromatic rings. The Bertz CT molecular complexity index is 306. The minimum absolute atomic E-state index is 0.0213. The van der Waals surface area contributed by atoms with Gasteiger partial charge in [-0.25, -0.2) is 15.0 Å². The Morgan fingerprint density at radius 2 is 2.00 bits per heavy atom. The maximum atomic E-state index is 11.7. The number of ether oxygens (including phenoxy) is 1. The second kappa shape index (κ2) is 6.32. The van der Waals surface area contributed by atoms with Gasteiger partial charge in [0.1, 0.15) is 6.61 Å². The number of rotatable bonds is 4. The van der Waals surface area contributed by atoms with E-state index < -0.39 is 13.8 Å². The number of carbonyl (C=O) groups is 1. The van der Waals surface area contributed by atoms with Gasteiger partial charge in [0.2, 0.25) is 0 Å². The molecule has 0 spiro atoms. The first-order valence-corrected chi connectivity index (χ1v) is 6.88. The molecule has 0 bridgehead atoms. The summed E-state index contributed by atoms with van der Waals surface area (Å²) >= 11 is 0. The summed E-state index contributed by atoms with van der Waals surface area (Å²) in [5.41, 5.74) is 5.48. The summed E-state index contributed by atoms with van der Waals surface area (Å²) < 4.78 is 22.7. The van der Waals surface area contributed by atoms with Crippen molar-refractivity contribution in [1.82, 2.24) is 9.57 Å². The van der Waals surface area contributed by atoms with Crippen molar-refractivity contribution in [2.45, 2.75) is 0 Å². The molecule has 0 aliphatic carbocycles. The second-order valence-electron chi connectivity index (χ2n) is 3.53. The van der Waals surface area contributed by atoms with Crippen molar-refractivity contribution in [3.63, 3.8) is 0 Å². The molecule has 1 heterocycles. The van der Waals surface area contributed by atoms with Crippen LogP contribution in [0.2, 0.25) is 0 Å². The lowest BCUT2D eigenvalue weighted by Gasteiger charge is -2.35. The summed E-state index contributed by atoms with van der Waals surface area (Å²) in [5, 5.41) is 8.52. The van der Waals surface area contributed by atoms with E-state index in [0.717, 1.165) is 0 Å². The molecule has 1 fully saturated rings. The fraction of sp³-hybridized carbons (Fsp3) is 0.875. The first-order chi connectivity index (χ1) is 8.01. The van der Waals surface area contributed by atoms with E-state index in [0.29, 0.717) is 26.2 Å². The zero-order valence-corrected chi connectivity index (χ0v) is 10.6. The summed E-state index contributed by atoms with van der Waals surface area (Å²) in [6, 6.07) is 0. The lowest BCUT2D eigenvalue weighted by Crippen LogP contribution is -2.48. The molecule has 0 saturated carbocycles. The van der Waals surface area contributed by atoms with E-state index in [2.05, 4.69) is 0 Å². The highest BCUT2D eigenvalue weighted by atomic mass is 31.2. The van der Waals surface area contributed by atoms with Crippen molar-refractivity contribution in [2.24, 2.45) is 5.50 Å². The molecular formula is C8H18N3O5P. The minimum atomic E-state index is -3.21. The molecule has 1 aliphatic rings.